The van der Waals surface area contributed by atoms with Gasteiger partial charge in [-0.15, -0.1) is 0 Å². The van der Waals surface area contributed by atoms with E-state index in [2.05, 4.69) is 19.4 Å². The molecule has 0 saturated carbocycles. The Morgan fingerprint density at radius 2 is 1.23 bits per heavy atom. The molecule has 0 fully saturated rings. The van der Waals surface area contributed by atoms with Gasteiger partial charge < -0.3 is 14.6 Å². The van der Waals surface area contributed by atoms with E-state index in [1.54, 1.807) is 0 Å². The Bertz CT molecular complexity index is 1210. The van der Waals surface area contributed by atoms with Crippen molar-refractivity contribution < 1.29 is 89.9 Å². The maximum Gasteiger partial charge on any atom is 0.460 e. The Hall–Kier alpha value is -3.27. The molecular formula is C21H15F15N2O5. The minimum Gasteiger partial charge on any atom is -0.504 e. The molecule has 0 aliphatic rings. The minimum atomic E-state index is -7.93. The number of hydrogen-bond acceptors (Lipinski definition) is 7. The van der Waals surface area contributed by atoms with Gasteiger partial charge in [-0.3, -0.25) is 0 Å². The van der Waals surface area contributed by atoms with E-state index < -0.39 is 68.0 Å². The van der Waals surface area contributed by atoms with Gasteiger partial charge in [0.25, 0.3) is 0 Å². The number of hydrogen-bond donors (Lipinski definition) is 1. The smallest absolute Gasteiger partial charge is 0.460 e. The molecule has 2 rings (SSSR count). The zero-order valence-corrected chi connectivity index (χ0v) is 20.4. The van der Waals surface area contributed by atoms with Crippen LogP contribution in [0.25, 0.3) is 11.4 Å². The van der Waals surface area contributed by atoms with Crippen molar-refractivity contribution in [3.05, 3.63) is 36.7 Å². The highest BCUT2D eigenvalue weighted by molar-refractivity contribution is 5.60. The number of rotatable bonds is 15. The summed E-state index contributed by atoms with van der Waals surface area (Å²) >= 11 is 0. The molecule has 7 nitrogen and oxygen atoms in total. The van der Waals surface area contributed by atoms with Crippen molar-refractivity contribution in [3.8, 4) is 22.9 Å². The molecule has 244 valence electrons. The SMILES string of the molecule is Oc1cc(-c2ncccn2)ccc1OCCCOCC(F)(F)OC(F)(F)C(F)(F)OC(F)(F)C(F)(F)C(F)(F)C(F)(F)F. The molecule has 1 aromatic heterocycles. The molecule has 0 unspecified atom stereocenters. The lowest BCUT2D eigenvalue weighted by Gasteiger charge is -2.36. The van der Waals surface area contributed by atoms with E-state index in [-0.39, 0.29) is 18.0 Å². The number of phenols is 1. The second-order valence-electron chi connectivity index (χ2n) is 8.05. The standard InChI is InChI=1S/C21H15F15N2O5/c22-15(23,10-40-7-2-8-41-13-4-3-11(9-12(13)39)14-37-5-1-6-38-14)42-20(33,34)21(35,36)43-19(31,32)17(26,27)16(24,25)18(28,29)30/h1,3-6,9,39H,2,7-8,10H2. The summed E-state index contributed by atoms with van der Waals surface area (Å²) in [5.41, 5.74) is 0.375. The number of aromatic nitrogens is 2. The fraction of sp³-hybridized carbons (Fsp3) is 0.524. The summed E-state index contributed by atoms with van der Waals surface area (Å²) in [6, 6.07) is 5.43. The Balaban J connectivity index is 1.91. The molecule has 22 heteroatoms. The van der Waals surface area contributed by atoms with E-state index >= 15 is 0 Å². The monoisotopic (exact) mass is 660 g/mol. The zero-order valence-electron chi connectivity index (χ0n) is 20.4. The molecule has 1 heterocycles. The third-order valence-corrected chi connectivity index (χ3v) is 4.73. The third kappa shape index (κ3) is 8.22. The van der Waals surface area contributed by atoms with Gasteiger partial charge in [0.2, 0.25) is 0 Å². The lowest BCUT2D eigenvalue weighted by Crippen LogP contribution is -2.64. The van der Waals surface area contributed by atoms with Gasteiger partial charge in [0.15, 0.2) is 17.3 Å². The van der Waals surface area contributed by atoms with Gasteiger partial charge >= 0.3 is 42.5 Å². The molecular weight excluding hydrogens is 645 g/mol. The summed E-state index contributed by atoms with van der Waals surface area (Å²) in [6.45, 7) is -3.53. The quantitative estimate of drug-likeness (QED) is 0.165. The highest BCUT2D eigenvalue weighted by Gasteiger charge is 2.85. The Kier molecular flexibility index (Phi) is 10.3. The summed E-state index contributed by atoms with van der Waals surface area (Å²) in [7, 11) is 0. The fourth-order valence-corrected chi connectivity index (χ4v) is 2.68. The normalized spacial score (nSPS) is 14.2. The summed E-state index contributed by atoms with van der Waals surface area (Å²) < 4.78 is 208. The number of nitrogens with zero attached hydrogens (tertiary/aromatic N) is 2. The highest BCUT2D eigenvalue weighted by Crippen LogP contribution is 2.56. The van der Waals surface area contributed by atoms with Crippen LogP contribution >= 0.6 is 0 Å². The van der Waals surface area contributed by atoms with Gasteiger partial charge in [0.1, 0.15) is 6.61 Å². The van der Waals surface area contributed by atoms with Crippen LogP contribution in [-0.2, 0) is 14.2 Å². The van der Waals surface area contributed by atoms with Crippen molar-refractivity contribution in [3.63, 3.8) is 0 Å². The van der Waals surface area contributed by atoms with Gasteiger partial charge in [-0.2, -0.15) is 65.9 Å². The summed E-state index contributed by atoms with van der Waals surface area (Å²) in [6.07, 6.45) is -32.6. The highest BCUT2D eigenvalue weighted by atomic mass is 19.4. The molecule has 0 aliphatic carbocycles. The third-order valence-electron chi connectivity index (χ3n) is 4.73. The van der Waals surface area contributed by atoms with Gasteiger partial charge in [-0.25, -0.2) is 19.4 Å². The second kappa shape index (κ2) is 12.4. The van der Waals surface area contributed by atoms with Crippen molar-refractivity contribution >= 4 is 0 Å². The molecule has 2 aromatic rings. The molecule has 43 heavy (non-hydrogen) atoms. The number of ether oxygens (including phenoxy) is 4. The molecule has 0 radical (unpaired) electrons. The van der Waals surface area contributed by atoms with Crippen LogP contribution in [0.3, 0.4) is 0 Å². The van der Waals surface area contributed by atoms with Crippen LogP contribution in [0, 0.1) is 0 Å². The first kappa shape index (κ1) is 35.9. The molecule has 0 saturated heterocycles. The number of alkyl halides is 15. The first-order chi connectivity index (χ1) is 19.4. The summed E-state index contributed by atoms with van der Waals surface area (Å²) in [5.74, 6) is -16.0. The number of benzene rings is 1. The van der Waals surface area contributed by atoms with Crippen molar-refractivity contribution in [1.82, 2.24) is 9.97 Å². The van der Waals surface area contributed by atoms with Crippen molar-refractivity contribution in [1.29, 1.82) is 0 Å². The van der Waals surface area contributed by atoms with Crippen LogP contribution in [0.2, 0.25) is 0 Å². The average molecular weight is 660 g/mol. The van der Waals surface area contributed by atoms with Crippen LogP contribution in [0.5, 0.6) is 11.5 Å². The molecule has 0 spiro atoms. The fourth-order valence-electron chi connectivity index (χ4n) is 2.68. The van der Waals surface area contributed by atoms with Crippen LogP contribution in [0.1, 0.15) is 6.42 Å². The predicted molar refractivity (Wildman–Crippen MR) is 108 cm³/mol. The molecule has 0 atom stereocenters. The Morgan fingerprint density at radius 1 is 0.674 bits per heavy atom. The molecule has 1 N–H and O–H groups in total. The first-order valence-electron chi connectivity index (χ1n) is 10.9. The Morgan fingerprint density at radius 3 is 1.77 bits per heavy atom. The summed E-state index contributed by atoms with van der Waals surface area (Å²) in [4.78, 5) is 7.88. The minimum absolute atomic E-state index is 0.134. The Labute approximate surface area is 229 Å². The van der Waals surface area contributed by atoms with Gasteiger partial charge in [-0.05, 0) is 24.3 Å². The van der Waals surface area contributed by atoms with E-state index in [9.17, 15) is 71.0 Å². The van der Waals surface area contributed by atoms with E-state index in [0.29, 0.717) is 5.56 Å². The molecule has 0 bridgehead atoms. The van der Waals surface area contributed by atoms with Crippen LogP contribution < -0.4 is 4.74 Å². The molecule has 1 aromatic carbocycles. The average Bonchev–Trinajstić information content (AvgIpc) is 2.85. The summed E-state index contributed by atoms with van der Waals surface area (Å²) in [5, 5.41) is 9.98. The van der Waals surface area contributed by atoms with E-state index in [1.807, 2.05) is 0 Å². The lowest BCUT2D eigenvalue weighted by molar-refractivity contribution is -0.543. The maximum atomic E-state index is 13.6. The molecule has 0 amide bonds. The van der Waals surface area contributed by atoms with Gasteiger partial charge in [-0.1, -0.05) is 0 Å². The van der Waals surface area contributed by atoms with Gasteiger partial charge in [0.05, 0.1) is 13.2 Å². The zero-order chi connectivity index (χ0) is 33.1. The van der Waals surface area contributed by atoms with E-state index in [0.717, 1.165) is 0 Å². The van der Waals surface area contributed by atoms with Gasteiger partial charge in [0, 0.05) is 24.4 Å². The number of aromatic hydroxyl groups is 1. The van der Waals surface area contributed by atoms with Crippen molar-refractivity contribution in [2.75, 3.05) is 19.8 Å². The molecule has 0 aliphatic heterocycles. The first-order valence-corrected chi connectivity index (χ1v) is 10.9. The number of phenolic OH excluding ortho intramolecular Hbond substituents is 1. The number of halogens is 15. The lowest BCUT2D eigenvalue weighted by atomic mass is 10.1. The second-order valence-corrected chi connectivity index (χ2v) is 8.05. The predicted octanol–water partition coefficient (Wildman–Crippen LogP) is 6.87. The van der Waals surface area contributed by atoms with Crippen LogP contribution in [0.4, 0.5) is 65.9 Å². The topological polar surface area (TPSA) is 82.9 Å². The van der Waals surface area contributed by atoms with Crippen LogP contribution in [-0.4, -0.2) is 77.4 Å². The van der Waals surface area contributed by atoms with Crippen molar-refractivity contribution in [2.24, 2.45) is 0 Å². The largest absolute Gasteiger partial charge is 0.504 e. The van der Waals surface area contributed by atoms with E-state index in [4.69, 9.17) is 4.74 Å². The van der Waals surface area contributed by atoms with Crippen molar-refractivity contribution in [2.45, 2.75) is 48.9 Å². The maximum absolute atomic E-state index is 13.6. The van der Waals surface area contributed by atoms with E-state index in [1.165, 1.54) is 41.4 Å². The van der Waals surface area contributed by atoms with Crippen LogP contribution in [0.15, 0.2) is 36.7 Å².